The molecule has 90 valence electrons. The number of rotatable bonds is 4. The molecule has 2 aromatic rings. The predicted molar refractivity (Wildman–Crippen MR) is 66.8 cm³/mol. The lowest BCUT2D eigenvalue weighted by Gasteiger charge is -2.04. The van der Waals surface area contributed by atoms with Crippen LogP contribution in [0.3, 0.4) is 0 Å². The average Bonchev–Trinajstić information content (AvgIpc) is 2.75. The Morgan fingerprint density at radius 1 is 1.47 bits per heavy atom. The van der Waals surface area contributed by atoms with Crippen LogP contribution in [0.1, 0.15) is 19.5 Å². The van der Waals surface area contributed by atoms with Gasteiger partial charge in [-0.1, -0.05) is 5.21 Å². The van der Waals surface area contributed by atoms with Gasteiger partial charge in [-0.2, -0.15) is 0 Å². The van der Waals surface area contributed by atoms with E-state index >= 15 is 0 Å². The maximum Gasteiger partial charge on any atom is 0.109 e. The minimum atomic E-state index is 0.188. The van der Waals surface area contributed by atoms with E-state index in [9.17, 15) is 0 Å². The van der Waals surface area contributed by atoms with Crippen LogP contribution in [0, 0.1) is 0 Å². The Kier molecular flexibility index (Phi) is 3.86. The zero-order chi connectivity index (χ0) is 12.3. The minimum absolute atomic E-state index is 0.188. The van der Waals surface area contributed by atoms with Gasteiger partial charge in [0.25, 0.3) is 0 Å². The molecule has 0 amide bonds. The van der Waals surface area contributed by atoms with Gasteiger partial charge in [0.2, 0.25) is 0 Å². The maximum atomic E-state index is 5.47. The van der Waals surface area contributed by atoms with Crippen LogP contribution in [-0.2, 0) is 11.3 Å². The molecule has 0 aliphatic rings. The molecular weight excluding hydrogens is 284 g/mol. The van der Waals surface area contributed by atoms with Crippen molar-refractivity contribution in [2.24, 2.45) is 0 Å². The number of hydrogen-bond donors (Lipinski definition) is 0. The molecule has 0 bridgehead atoms. The molecule has 0 aliphatic heterocycles. The predicted octanol–water partition coefficient (Wildman–Crippen LogP) is 2.35. The summed E-state index contributed by atoms with van der Waals surface area (Å²) in [5.74, 6) is 0. The summed E-state index contributed by atoms with van der Waals surface area (Å²) in [7, 11) is 0. The highest BCUT2D eigenvalue weighted by atomic mass is 79.9. The topological polar surface area (TPSA) is 52.8 Å². The second kappa shape index (κ2) is 5.37. The largest absolute Gasteiger partial charge is 0.372 e. The first-order chi connectivity index (χ1) is 8.16. The molecule has 0 atom stereocenters. The van der Waals surface area contributed by atoms with Gasteiger partial charge < -0.3 is 4.74 Å². The smallest absolute Gasteiger partial charge is 0.109 e. The molecule has 0 radical (unpaired) electrons. The molecule has 2 aromatic heterocycles. The second-order valence-corrected chi connectivity index (χ2v) is 4.70. The summed E-state index contributed by atoms with van der Waals surface area (Å²) in [5, 5.41) is 8.11. The van der Waals surface area contributed by atoms with E-state index in [4.69, 9.17) is 4.74 Å². The highest BCUT2D eigenvalue weighted by molar-refractivity contribution is 9.10. The van der Waals surface area contributed by atoms with Gasteiger partial charge in [0, 0.05) is 12.4 Å². The van der Waals surface area contributed by atoms with Crippen LogP contribution in [0.4, 0.5) is 0 Å². The number of aromatic nitrogens is 4. The normalized spacial score (nSPS) is 11.1. The number of nitrogens with zero attached hydrogens (tertiary/aromatic N) is 4. The first-order valence-corrected chi connectivity index (χ1v) is 6.09. The van der Waals surface area contributed by atoms with E-state index in [1.807, 2.05) is 26.1 Å². The summed E-state index contributed by atoms with van der Waals surface area (Å²) >= 11 is 3.42. The van der Waals surface area contributed by atoms with Crippen molar-refractivity contribution in [3.8, 4) is 5.69 Å². The summed E-state index contributed by atoms with van der Waals surface area (Å²) < 4.78 is 8.04. The highest BCUT2D eigenvalue weighted by Crippen LogP contribution is 2.18. The van der Waals surface area contributed by atoms with Crippen molar-refractivity contribution < 1.29 is 4.74 Å². The van der Waals surface area contributed by atoms with E-state index in [1.54, 1.807) is 17.1 Å². The fourth-order valence-electron chi connectivity index (χ4n) is 1.29. The SMILES string of the molecule is CC(C)OCc1cn(-c2ccncc2Br)nn1. The van der Waals surface area contributed by atoms with Gasteiger partial charge in [-0.25, -0.2) is 4.68 Å². The van der Waals surface area contributed by atoms with Crippen LogP contribution in [0.15, 0.2) is 29.1 Å². The first-order valence-electron chi connectivity index (χ1n) is 5.29. The molecule has 0 saturated carbocycles. The van der Waals surface area contributed by atoms with Crippen molar-refractivity contribution in [1.82, 2.24) is 20.0 Å². The third-order valence-electron chi connectivity index (χ3n) is 2.10. The Morgan fingerprint density at radius 2 is 2.29 bits per heavy atom. The highest BCUT2D eigenvalue weighted by Gasteiger charge is 2.06. The van der Waals surface area contributed by atoms with E-state index in [1.165, 1.54) is 0 Å². The molecule has 0 fully saturated rings. The van der Waals surface area contributed by atoms with Gasteiger partial charge >= 0.3 is 0 Å². The lowest BCUT2D eigenvalue weighted by Crippen LogP contribution is -2.02. The zero-order valence-electron chi connectivity index (χ0n) is 9.67. The van der Waals surface area contributed by atoms with Crippen molar-refractivity contribution in [3.05, 3.63) is 34.8 Å². The summed E-state index contributed by atoms with van der Waals surface area (Å²) in [6.07, 6.45) is 5.48. The Bertz CT molecular complexity index is 498. The molecule has 6 heteroatoms. The number of ether oxygens (including phenoxy) is 1. The Labute approximate surface area is 108 Å². The molecule has 0 N–H and O–H groups in total. The van der Waals surface area contributed by atoms with Gasteiger partial charge in [-0.15, -0.1) is 5.10 Å². The molecule has 5 nitrogen and oxygen atoms in total. The average molecular weight is 297 g/mol. The zero-order valence-corrected chi connectivity index (χ0v) is 11.3. The van der Waals surface area contributed by atoms with Crippen molar-refractivity contribution in [1.29, 1.82) is 0 Å². The Balaban J connectivity index is 2.16. The maximum absolute atomic E-state index is 5.47. The van der Waals surface area contributed by atoms with E-state index in [0.29, 0.717) is 6.61 Å². The molecule has 17 heavy (non-hydrogen) atoms. The van der Waals surface area contributed by atoms with Crippen LogP contribution in [-0.4, -0.2) is 26.1 Å². The number of halogens is 1. The van der Waals surface area contributed by atoms with Crippen molar-refractivity contribution in [2.45, 2.75) is 26.6 Å². The van der Waals surface area contributed by atoms with Crippen LogP contribution in [0.25, 0.3) is 5.69 Å². The third kappa shape index (κ3) is 3.10. The minimum Gasteiger partial charge on any atom is -0.372 e. The molecule has 0 aliphatic carbocycles. The van der Waals surface area contributed by atoms with Gasteiger partial charge in [0.15, 0.2) is 0 Å². The first kappa shape index (κ1) is 12.2. The number of hydrogen-bond acceptors (Lipinski definition) is 4. The Hall–Kier alpha value is -1.27. The van der Waals surface area contributed by atoms with Crippen LogP contribution >= 0.6 is 15.9 Å². The molecule has 2 rings (SSSR count). The molecule has 0 spiro atoms. The second-order valence-electron chi connectivity index (χ2n) is 3.84. The molecule has 0 unspecified atom stereocenters. The van der Waals surface area contributed by atoms with Crippen LogP contribution in [0.5, 0.6) is 0 Å². The van der Waals surface area contributed by atoms with E-state index in [0.717, 1.165) is 15.9 Å². The van der Waals surface area contributed by atoms with Crippen LogP contribution in [0.2, 0.25) is 0 Å². The molecule has 0 saturated heterocycles. The van der Waals surface area contributed by atoms with Crippen molar-refractivity contribution >= 4 is 15.9 Å². The summed E-state index contributed by atoms with van der Waals surface area (Å²) in [6.45, 7) is 4.45. The number of pyridine rings is 1. The molecule has 2 heterocycles. The lowest BCUT2D eigenvalue weighted by atomic mass is 10.4. The summed E-state index contributed by atoms with van der Waals surface area (Å²) in [5.41, 5.74) is 1.71. The van der Waals surface area contributed by atoms with E-state index < -0.39 is 0 Å². The van der Waals surface area contributed by atoms with Gasteiger partial charge in [0.1, 0.15) is 5.69 Å². The lowest BCUT2D eigenvalue weighted by molar-refractivity contribution is 0.0635. The van der Waals surface area contributed by atoms with Crippen molar-refractivity contribution in [2.75, 3.05) is 0 Å². The van der Waals surface area contributed by atoms with Crippen molar-refractivity contribution in [3.63, 3.8) is 0 Å². The van der Waals surface area contributed by atoms with E-state index in [2.05, 4.69) is 31.2 Å². The van der Waals surface area contributed by atoms with Crippen LogP contribution < -0.4 is 0 Å². The Morgan fingerprint density at radius 3 is 3.00 bits per heavy atom. The summed E-state index contributed by atoms with van der Waals surface area (Å²) in [4.78, 5) is 4.00. The van der Waals surface area contributed by atoms with Gasteiger partial charge in [0.05, 0.1) is 29.1 Å². The summed E-state index contributed by atoms with van der Waals surface area (Å²) in [6, 6.07) is 1.87. The fraction of sp³-hybridized carbons (Fsp3) is 0.364. The standard InChI is InChI=1S/C11H13BrN4O/c1-8(2)17-7-9-6-16(15-14-9)11-3-4-13-5-10(11)12/h3-6,8H,7H2,1-2H3. The van der Waals surface area contributed by atoms with Gasteiger partial charge in [-0.3, -0.25) is 4.98 Å². The van der Waals surface area contributed by atoms with E-state index in [-0.39, 0.29) is 6.10 Å². The monoisotopic (exact) mass is 296 g/mol. The molecule has 0 aromatic carbocycles. The fourth-order valence-corrected chi connectivity index (χ4v) is 1.72. The molecular formula is C11H13BrN4O. The van der Waals surface area contributed by atoms with Gasteiger partial charge in [-0.05, 0) is 35.8 Å². The third-order valence-corrected chi connectivity index (χ3v) is 2.71. The quantitative estimate of drug-likeness (QED) is 0.869.